The molecule has 0 radical (unpaired) electrons. The molecule has 5 heteroatoms. The summed E-state index contributed by atoms with van der Waals surface area (Å²) in [6, 6.07) is 51.3. The van der Waals surface area contributed by atoms with E-state index in [1.54, 1.807) is 0 Å². The van der Waals surface area contributed by atoms with Gasteiger partial charge in [-0.1, -0.05) is 298 Å². The third-order valence-corrected chi connectivity index (χ3v) is 20.4. The average Bonchev–Trinajstić information content (AvgIpc) is 1.34. The van der Waals surface area contributed by atoms with Gasteiger partial charge in [0.05, 0.1) is 55.4 Å². The molecule has 2 aliphatic rings. The molecule has 0 unspecified atom stereocenters. The van der Waals surface area contributed by atoms with E-state index in [-0.39, 0.29) is 55.0 Å². The Bertz CT molecular complexity index is 6590. The molecule has 0 N–H and O–H groups in total. The van der Waals surface area contributed by atoms with Crippen molar-refractivity contribution >= 4 is 101 Å². The number of rotatable bonds is 10. The SMILES string of the molecule is [2H]c1c([2H])c([2H])c2c(c1[2H])c1c([2H])c([2H])c([2H])c([2H])c1n2-c1ccc2c(c1)N(c1c(-c3ccccc3)cc(C(C)(C)C)cc1-c1cccc(C([2H])([2H])C(C)(C)C)c1)c1cc(C(C)(C)C)cc3c1B2c1ccc(-n2c4c([2H])c([2H])c([2H])c([2H])c4c4c([2H])c([2H])c([2H])c([2H])c42)cc1N3c1c(-c2ccccc2)cc(C(C)(C)C)cc1-c1cccc(C([2H])([2H])C(C)(C)C)c1. The monoisotopic (exact) mass is 1380 g/mol. The molecule has 0 fully saturated rings. The summed E-state index contributed by atoms with van der Waals surface area (Å²) in [6.07, 6.45) is -3.79. The first-order valence-corrected chi connectivity index (χ1v) is 36.2. The van der Waals surface area contributed by atoms with Gasteiger partial charge in [0.25, 0.3) is 6.71 Å². The van der Waals surface area contributed by atoms with Crippen molar-refractivity contribution in [1.82, 2.24) is 9.13 Å². The number of hydrogen-bond donors (Lipinski definition) is 0. The van der Waals surface area contributed by atoms with Crippen LogP contribution in [0.25, 0.3) is 99.5 Å². The molecule has 518 valence electrons. The molecule has 15 aromatic rings. The molecule has 4 nitrogen and oxygen atoms in total. The first-order valence-electron chi connectivity index (χ1n) is 46.2. The molecule has 0 saturated carbocycles. The number of para-hydroxylation sites is 4. The van der Waals surface area contributed by atoms with Crippen molar-refractivity contribution in [2.75, 3.05) is 9.80 Å². The quantitative estimate of drug-likeness (QED) is 0.127. The second kappa shape index (κ2) is 24.9. The van der Waals surface area contributed by atoms with Gasteiger partial charge in [-0.2, -0.15) is 0 Å². The lowest BCUT2D eigenvalue weighted by molar-refractivity contribution is 0.411. The van der Waals surface area contributed by atoms with Crippen molar-refractivity contribution in [1.29, 1.82) is 0 Å². The summed E-state index contributed by atoms with van der Waals surface area (Å²) in [5.41, 5.74) is 11.4. The fourth-order valence-corrected chi connectivity index (χ4v) is 15.6. The Morgan fingerprint density at radius 3 is 0.962 bits per heavy atom. The van der Waals surface area contributed by atoms with E-state index in [1.807, 2.05) is 163 Å². The van der Waals surface area contributed by atoms with Crippen LogP contribution in [0.15, 0.2) is 279 Å². The van der Waals surface area contributed by atoms with E-state index in [2.05, 4.69) is 133 Å². The van der Waals surface area contributed by atoms with E-state index in [0.717, 1.165) is 44.4 Å². The lowest BCUT2D eigenvalue weighted by atomic mass is 9.33. The van der Waals surface area contributed by atoms with E-state index in [9.17, 15) is 21.9 Å². The second-order valence-corrected chi connectivity index (χ2v) is 33.3. The summed E-state index contributed by atoms with van der Waals surface area (Å²) < 4.78 is 195. The van der Waals surface area contributed by atoms with Crippen LogP contribution in [0.3, 0.4) is 0 Å². The molecule has 105 heavy (non-hydrogen) atoms. The summed E-state index contributed by atoms with van der Waals surface area (Å²) in [6.45, 7) is 29.7. The zero-order valence-electron chi connectivity index (χ0n) is 82.2. The summed E-state index contributed by atoms with van der Waals surface area (Å²) in [7, 11) is 0. The minimum absolute atomic E-state index is 0.100. The molecular formula is C100H95BN4. The molecule has 0 atom stereocenters. The second-order valence-electron chi connectivity index (χ2n) is 33.3. The largest absolute Gasteiger partial charge is 0.310 e. The Labute approximate surface area is 650 Å². The van der Waals surface area contributed by atoms with Crippen LogP contribution in [0.5, 0.6) is 0 Å². The third-order valence-electron chi connectivity index (χ3n) is 20.4. The van der Waals surface area contributed by atoms with E-state index in [0.29, 0.717) is 78.4 Å². The molecule has 17 rings (SSSR count). The van der Waals surface area contributed by atoms with Crippen LogP contribution in [0.2, 0.25) is 0 Å². The van der Waals surface area contributed by atoms with Gasteiger partial charge in [-0.15, -0.1) is 0 Å². The molecule has 0 spiro atoms. The van der Waals surface area contributed by atoms with Crippen molar-refractivity contribution in [2.24, 2.45) is 10.8 Å². The smallest absolute Gasteiger partial charge is 0.252 e. The molecule has 2 aliphatic heterocycles. The van der Waals surface area contributed by atoms with Crippen LogP contribution >= 0.6 is 0 Å². The van der Waals surface area contributed by atoms with Gasteiger partial charge >= 0.3 is 0 Å². The maximum atomic E-state index is 9.97. The average molecular weight is 1380 g/mol. The highest BCUT2D eigenvalue weighted by Gasteiger charge is 2.47. The zero-order chi connectivity index (χ0) is 90.3. The van der Waals surface area contributed by atoms with Crippen molar-refractivity contribution in [3.05, 3.63) is 306 Å². The van der Waals surface area contributed by atoms with Gasteiger partial charge in [-0.25, -0.2) is 0 Å². The van der Waals surface area contributed by atoms with Gasteiger partial charge in [0.1, 0.15) is 0 Å². The number of benzene rings is 13. The lowest BCUT2D eigenvalue weighted by Gasteiger charge is -2.47. The molecule has 4 heterocycles. The highest BCUT2D eigenvalue weighted by atomic mass is 15.2. The van der Waals surface area contributed by atoms with E-state index in [4.69, 9.17) is 5.48 Å². The Kier molecular flexibility index (Phi) is 11.4. The van der Waals surface area contributed by atoms with Crippen molar-refractivity contribution < 1.29 is 27.4 Å². The summed E-state index contributed by atoms with van der Waals surface area (Å²) in [4.78, 5) is 4.51. The topological polar surface area (TPSA) is 16.3 Å². The zero-order valence-corrected chi connectivity index (χ0v) is 62.2. The molecule has 0 amide bonds. The van der Waals surface area contributed by atoms with Gasteiger partial charge in [0, 0.05) is 83.4 Å². The number of anilines is 6. The van der Waals surface area contributed by atoms with Crippen LogP contribution in [0, 0.1) is 10.8 Å². The van der Waals surface area contributed by atoms with Crippen molar-refractivity contribution in [2.45, 2.75) is 133 Å². The maximum Gasteiger partial charge on any atom is 0.252 e. The Morgan fingerprint density at radius 2 is 0.629 bits per heavy atom. The highest BCUT2D eigenvalue weighted by molar-refractivity contribution is 7.00. The van der Waals surface area contributed by atoms with Gasteiger partial charge in [-0.05, 0) is 191 Å². The normalized spacial score (nSPS) is 16.3. The minimum atomic E-state index is -1.89. The molecule has 0 aliphatic carbocycles. The van der Waals surface area contributed by atoms with E-state index < -0.39 is 143 Å². The van der Waals surface area contributed by atoms with Gasteiger partial charge < -0.3 is 18.9 Å². The minimum Gasteiger partial charge on any atom is -0.310 e. The van der Waals surface area contributed by atoms with Crippen LogP contribution in [0.4, 0.5) is 34.1 Å². The summed E-state index contributed by atoms with van der Waals surface area (Å²) in [5, 5.41) is -0.464. The molecule has 2 aromatic heterocycles. The van der Waals surface area contributed by atoms with Crippen molar-refractivity contribution in [3.8, 4) is 55.9 Å². The summed E-state index contributed by atoms with van der Waals surface area (Å²) in [5.74, 6) is 0. The predicted octanol–water partition coefficient (Wildman–Crippen LogP) is 25.7. The standard InChI is InChI=1S/C100H95BN4/c1-96(2,3)62-64-32-30-38-68(52-64)81-56-70(98(7,8)9)54-79(66-34-18-16-19-35-66)94(81)104-89-60-73(102-85-44-26-22-40-75(85)76-41-23-27-45-86(76)102)48-50-83(89)101-84-51-49-74(103-87-46-28-24-42-77(87)78-43-25-29-47-88(78)103)61-90(84)105(92-59-72(100(13,14)15)58-91(104)93(92)101)95-80(67-36-20-17-21-37-67)55-71(99(10,11)12)57-82(95)69-39-31-33-65(53-69)63-97(4,5)6/h16-61H,62-63H2,1-15H3/i22D,23D,24D,25D,26D,27D,28D,29D,40D,41D,42D,43D,44D,45D,46D,47D,62D2,63D2. The van der Waals surface area contributed by atoms with E-state index >= 15 is 0 Å². The first kappa shape index (κ1) is 48.2. The van der Waals surface area contributed by atoms with Crippen LogP contribution in [-0.4, -0.2) is 15.8 Å². The van der Waals surface area contributed by atoms with Crippen molar-refractivity contribution in [3.63, 3.8) is 0 Å². The van der Waals surface area contributed by atoms with Crippen LogP contribution in [-0.2, 0) is 29.0 Å². The molecular weight excluding hydrogens is 1270 g/mol. The number of fused-ring (bicyclic) bond motifs is 10. The van der Waals surface area contributed by atoms with Crippen LogP contribution in [0.1, 0.15) is 159 Å². The third kappa shape index (κ3) is 11.9. The molecule has 0 saturated heterocycles. The Hall–Kier alpha value is -10.9. The number of hydrogen-bond acceptors (Lipinski definition) is 2. The Balaban J connectivity index is 1.13. The number of nitrogens with zero attached hydrogens (tertiary/aromatic N) is 4. The fourth-order valence-electron chi connectivity index (χ4n) is 15.6. The van der Waals surface area contributed by atoms with Gasteiger partial charge in [-0.3, -0.25) is 0 Å². The first-order chi connectivity index (χ1) is 58.4. The number of aromatic nitrogens is 2. The lowest BCUT2D eigenvalue weighted by Crippen LogP contribution is -2.61. The summed E-state index contributed by atoms with van der Waals surface area (Å²) >= 11 is 0. The fraction of sp³-hybridized carbons (Fsp3) is 0.220. The van der Waals surface area contributed by atoms with Gasteiger partial charge in [0.15, 0.2) is 0 Å². The molecule has 13 aromatic carbocycles. The Morgan fingerprint density at radius 1 is 0.314 bits per heavy atom. The maximum absolute atomic E-state index is 9.97. The molecule has 0 bridgehead atoms. The van der Waals surface area contributed by atoms with Gasteiger partial charge in [0.2, 0.25) is 0 Å². The van der Waals surface area contributed by atoms with E-state index in [1.165, 1.54) is 9.13 Å². The van der Waals surface area contributed by atoms with Crippen LogP contribution < -0.4 is 26.2 Å². The highest BCUT2D eigenvalue weighted by Crippen LogP contribution is 2.56. The predicted molar refractivity (Wildman–Crippen MR) is 453 cm³/mol.